The fraction of sp³-hybridized carbons (Fsp3) is 0.474. The number of benzene rings is 1. The van der Waals surface area contributed by atoms with E-state index in [-0.39, 0.29) is 24.6 Å². The van der Waals surface area contributed by atoms with Crippen molar-refractivity contribution in [3.63, 3.8) is 0 Å². The zero-order chi connectivity index (χ0) is 21.3. The first-order valence-electron chi connectivity index (χ1n) is 9.77. The van der Waals surface area contributed by atoms with Gasteiger partial charge in [-0.25, -0.2) is 5.10 Å². The molecule has 2 aromatic rings. The summed E-state index contributed by atoms with van der Waals surface area (Å²) in [6.45, 7) is 1.71. The number of amides is 2. The van der Waals surface area contributed by atoms with Gasteiger partial charge in [0, 0.05) is 31.7 Å². The maximum atomic E-state index is 12.9. The number of carbonyl (C=O) groups excluding carboxylic acids is 2. The van der Waals surface area contributed by atoms with Crippen LogP contribution in [0.1, 0.15) is 31.2 Å². The van der Waals surface area contributed by atoms with Gasteiger partial charge in [-0.1, -0.05) is 6.07 Å². The Balaban J connectivity index is 1.40. The van der Waals surface area contributed by atoms with Gasteiger partial charge in [0.15, 0.2) is 0 Å². The van der Waals surface area contributed by atoms with Gasteiger partial charge in [-0.2, -0.15) is 18.2 Å². The minimum atomic E-state index is -4.51. The summed E-state index contributed by atoms with van der Waals surface area (Å²) in [5.74, 6) is -0.834. The Labute approximate surface area is 170 Å². The van der Waals surface area contributed by atoms with Crippen LogP contribution in [0, 0.1) is 5.92 Å². The lowest BCUT2D eigenvalue weighted by atomic mass is 10.1. The van der Waals surface area contributed by atoms with Crippen LogP contribution in [-0.2, 0) is 15.8 Å². The molecule has 30 heavy (non-hydrogen) atoms. The van der Waals surface area contributed by atoms with E-state index in [1.807, 2.05) is 4.90 Å². The highest BCUT2D eigenvalue weighted by atomic mass is 19.4. The fourth-order valence-electron chi connectivity index (χ4n) is 3.75. The van der Waals surface area contributed by atoms with Crippen LogP contribution in [0.4, 0.5) is 30.8 Å². The SMILES string of the molecule is O=C(Nc1nc(N2CCCCC2)n[nH]1)C1CC(=O)N(c2cccc(C(F)(F)F)c2)C1. The van der Waals surface area contributed by atoms with E-state index in [1.165, 1.54) is 23.5 Å². The number of nitrogens with zero attached hydrogens (tertiary/aromatic N) is 4. The number of alkyl halides is 3. The summed E-state index contributed by atoms with van der Waals surface area (Å²) in [6.07, 6.45) is -1.30. The number of piperidine rings is 1. The topological polar surface area (TPSA) is 94.2 Å². The fourth-order valence-corrected chi connectivity index (χ4v) is 3.75. The molecule has 2 saturated heterocycles. The molecule has 3 heterocycles. The number of hydrogen-bond donors (Lipinski definition) is 2. The monoisotopic (exact) mass is 422 g/mol. The first-order valence-corrected chi connectivity index (χ1v) is 9.77. The molecule has 1 unspecified atom stereocenters. The number of aromatic amines is 1. The second kappa shape index (κ2) is 7.96. The van der Waals surface area contributed by atoms with E-state index in [9.17, 15) is 22.8 Å². The number of hydrogen-bond acceptors (Lipinski definition) is 5. The molecule has 0 spiro atoms. The molecule has 1 aromatic carbocycles. The van der Waals surface area contributed by atoms with Gasteiger partial charge in [0.1, 0.15) is 0 Å². The predicted octanol–water partition coefficient (Wildman–Crippen LogP) is 2.81. The van der Waals surface area contributed by atoms with E-state index in [4.69, 9.17) is 0 Å². The predicted molar refractivity (Wildman–Crippen MR) is 103 cm³/mol. The smallest absolute Gasteiger partial charge is 0.340 e. The second-order valence-corrected chi connectivity index (χ2v) is 7.47. The summed E-state index contributed by atoms with van der Waals surface area (Å²) in [5.41, 5.74) is -0.718. The van der Waals surface area contributed by atoms with Crippen LogP contribution in [0.3, 0.4) is 0 Å². The standard InChI is InChI=1S/C19H21F3N6O2/c20-19(21,22)13-5-4-6-14(10-13)28-11-12(9-15(28)29)16(30)23-17-24-18(26-25-17)27-7-2-1-3-8-27/h4-6,10,12H,1-3,7-9,11H2,(H2,23,24,25,26,30). The molecule has 8 nitrogen and oxygen atoms in total. The quantitative estimate of drug-likeness (QED) is 0.790. The Morgan fingerprint density at radius 3 is 2.70 bits per heavy atom. The summed E-state index contributed by atoms with van der Waals surface area (Å²) in [7, 11) is 0. The van der Waals surface area contributed by atoms with Crippen LogP contribution in [0.15, 0.2) is 24.3 Å². The summed E-state index contributed by atoms with van der Waals surface area (Å²) >= 11 is 0. The number of carbonyl (C=O) groups is 2. The third-order valence-electron chi connectivity index (χ3n) is 5.34. The maximum absolute atomic E-state index is 12.9. The third-order valence-corrected chi connectivity index (χ3v) is 5.34. The lowest BCUT2D eigenvalue weighted by Gasteiger charge is -2.24. The van der Waals surface area contributed by atoms with Crippen molar-refractivity contribution < 1.29 is 22.8 Å². The van der Waals surface area contributed by atoms with Crippen LogP contribution in [0.2, 0.25) is 0 Å². The number of halogens is 3. The molecule has 0 radical (unpaired) electrons. The van der Waals surface area contributed by atoms with Crippen LogP contribution in [0.5, 0.6) is 0 Å². The number of rotatable bonds is 4. The highest BCUT2D eigenvalue weighted by Gasteiger charge is 2.37. The number of H-pyrrole nitrogens is 1. The molecule has 0 saturated carbocycles. The molecular formula is C19H21F3N6O2. The summed E-state index contributed by atoms with van der Waals surface area (Å²) < 4.78 is 38.8. The van der Waals surface area contributed by atoms with E-state index in [1.54, 1.807) is 0 Å². The number of anilines is 3. The molecule has 2 N–H and O–H groups in total. The Hall–Kier alpha value is -3.11. The van der Waals surface area contributed by atoms with Gasteiger partial charge in [0.25, 0.3) is 0 Å². The van der Waals surface area contributed by atoms with Gasteiger partial charge in [-0.3, -0.25) is 14.9 Å². The normalized spacial score (nSPS) is 20.0. The Morgan fingerprint density at radius 1 is 1.20 bits per heavy atom. The molecule has 11 heteroatoms. The van der Waals surface area contributed by atoms with Crippen molar-refractivity contribution >= 4 is 29.4 Å². The van der Waals surface area contributed by atoms with Gasteiger partial charge >= 0.3 is 6.18 Å². The van der Waals surface area contributed by atoms with Crippen molar-refractivity contribution in [3.8, 4) is 0 Å². The van der Waals surface area contributed by atoms with Gasteiger partial charge in [0.05, 0.1) is 11.5 Å². The highest BCUT2D eigenvalue weighted by molar-refractivity contribution is 6.03. The molecule has 4 rings (SSSR count). The molecule has 160 valence electrons. The van der Waals surface area contributed by atoms with Crippen LogP contribution in [-0.4, -0.2) is 46.6 Å². The molecule has 2 aliphatic rings. The maximum Gasteiger partial charge on any atom is 0.416 e. The number of nitrogens with one attached hydrogen (secondary N) is 2. The highest BCUT2D eigenvalue weighted by Crippen LogP contribution is 2.33. The van der Waals surface area contributed by atoms with Crippen LogP contribution in [0.25, 0.3) is 0 Å². The van der Waals surface area contributed by atoms with Gasteiger partial charge < -0.3 is 9.80 Å². The Kier molecular flexibility index (Phi) is 5.35. The van der Waals surface area contributed by atoms with Crippen molar-refractivity contribution in [1.82, 2.24) is 15.2 Å². The van der Waals surface area contributed by atoms with Crippen LogP contribution < -0.4 is 15.1 Å². The van der Waals surface area contributed by atoms with E-state index in [0.29, 0.717) is 5.95 Å². The second-order valence-electron chi connectivity index (χ2n) is 7.47. The zero-order valence-electron chi connectivity index (χ0n) is 16.1. The molecule has 2 amide bonds. The van der Waals surface area contributed by atoms with Gasteiger partial charge in [-0.15, -0.1) is 5.10 Å². The van der Waals surface area contributed by atoms with Crippen molar-refractivity contribution in [2.24, 2.45) is 5.92 Å². The van der Waals surface area contributed by atoms with E-state index in [0.717, 1.165) is 38.1 Å². The van der Waals surface area contributed by atoms with Crippen LogP contribution >= 0.6 is 0 Å². The molecule has 1 aromatic heterocycles. The summed E-state index contributed by atoms with van der Waals surface area (Å²) in [5, 5.41) is 9.42. The third kappa shape index (κ3) is 4.24. The van der Waals surface area contributed by atoms with Crippen molar-refractivity contribution in [2.45, 2.75) is 31.9 Å². The van der Waals surface area contributed by atoms with Gasteiger partial charge in [0.2, 0.25) is 23.7 Å². The van der Waals surface area contributed by atoms with E-state index >= 15 is 0 Å². The molecule has 2 fully saturated rings. The largest absolute Gasteiger partial charge is 0.416 e. The average Bonchev–Trinajstić information content (AvgIpc) is 3.35. The molecular weight excluding hydrogens is 401 g/mol. The van der Waals surface area contributed by atoms with E-state index < -0.39 is 29.5 Å². The first kappa shape index (κ1) is 20.2. The van der Waals surface area contributed by atoms with Crippen molar-refractivity contribution in [1.29, 1.82) is 0 Å². The Morgan fingerprint density at radius 2 is 1.97 bits per heavy atom. The minimum Gasteiger partial charge on any atom is -0.340 e. The lowest BCUT2D eigenvalue weighted by molar-refractivity contribution is -0.137. The molecule has 1 atom stereocenters. The lowest BCUT2D eigenvalue weighted by Crippen LogP contribution is -2.30. The molecule has 0 aliphatic carbocycles. The summed E-state index contributed by atoms with van der Waals surface area (Å²) in [6, 6.07) is 4.53. The van der Waals surface area contributed by atoms with E-state index in [2.05, 4.69) is 20.5 Å². The van der Waals surface area contributed by atoms with Gasteiger partial charge in [-0.05, 0) is 37.5 Å². The van der Waals surface area contributed by atoms with Crippen molar-refractivity contribution in [3.05, 3.63) is 29.8 Å². The Bertz CT molecular complexity index is 938. The first-order chi connectivity index (χ1) is 14.3. The zero-order valence-corrected chi connectivity index (χ0v) is 16.1. The molecule has 2 aliphatic heterocycles. The van der Waals surface area contributed by atoms with Crippen molar-refractivity contribution in [2.75, 3.05) is 34.8 Å². The average molecular weight is 422 g/mol. The number of aromatic nitrogens is 3. The molecule has 0 bridgehead atoms. The summed E-state index contributed by atoms with van der Waals surface area (Å²) in [4.78, 5) is 32.4. The minimum absolute atomic E-state index is 0.000896.